The third-order valence-corrected chi connectivity index (χ3v) is 2.27. The van der Waals surface area contributed by atoms with E-state index in [-0.39, 0.29) is 5.54 Å². The van der Waals surface area contributed by atoms with E-state index in [1.165, 1.54) is 0 Å². The summed E-state index contributed by atoms with van der Waals surface area (Å²) in [5.74, 6) is 3.50. The molecular formula is C11H13BrN2. The Bertz CT molecular complexity index is 377. The molecular weight excluding hydrogens is 240 g/mol. The highest BCUT2D eigenvalue weighted by Gasteiger charge is 2.14. The number of aromatic nitrogens is 1. The van der Waals surface area contributed by atoms with Gasteiger partial charge in [-0.05, 0) is 48.3 Å². The molecule has 0 unspecified atom stereocenters. The highest BCUT2D eigenvalue weighted by atomic mass is 79.9. The van der Waals surface area contributed by atoms with Crippen molar-refractivity contribution in [1.82, 2.24) is 4.98 Å². The third-order valence-electron chi connectivity index (χ3n) is 1.84. The SMILES string of the molecule is C#CC(C)(C)Nc1ncc(Br)cc1C. The molecule has 0 aliphatic heterocycles. The highest BCUT2D eigenvalue weighted by molar-refractivity contribution is 9.10. The van der Waals surface area contributed by atoms with E-state index in [0.717, 1.165) is 15.9 Å². The first-order chi connectivity index (χ1) is 6.44. The normalized spacial score (nSPS) is 10.8. The van der Waals surface area contributed by atoms with Gasteiger partial charge in [0, 0.05) is 10.7 Å². The Balaban J connectivity index is 2.94. The lowest BCUT2D eigenvalue weighted by Gasteiger charge is -2.21. The monoisotopic (exact) mass is 252 g/mol. The lowest BCUT2D eigenvalue weighted by Crippen LogP contribution is -2.29. The number of anilines is 1. The summed E-state index contributed by atoms with van der Waals surface area (Å²) >= 11 is 3.36. The summed E-state index contributed by atoms with van der Waals surface area (Å²) in [5.41, 5.74) is 0.702. The van der Waals surface area contributed by atoms with Crippen LogP contribution in [0.15, 0.2) is 16.7 Å². The first-order valence-electron chi connectivity index (χ1n) is 4.33. The second kappa shape index (κ2) is 4.02. The second-order valence-corrected chi connectivity index (χ2v) is 4.63. The van der Waals surface area contributed by atoms with Gasteiger partial charge < -0.3 is 5.32 Å². The van der Waals surface area contributed by atoms with Crippen LogP contribution in [-0.2, 0) is 0 Å². The molecule has 14 heavy (non-hydrogen) atoms. The lowest BCUT2D eigenvalue weighted by molar-refractivity contribution is 0.734. The van der Waals surface area contributed by atoms with Gasteiger partial charge in [-0.3, -0.25) is 0 Å². The molecule has 74 valence electrons. The highest BCUT2D eigenvalue weighted by Crippen LogP contribution is 2.19. The minimum absolute atomic E-state index is 0.369. The van der Waals surface area contributed by atoms with Gasteiger partial charge in [0.05, 0.1) is 5.54 Å². The lowest BCUT2D eigenvalue weighted by atomic mass is 10.1. The maximum Gasteiger partial charge on any atom is 0.130 e. The van der Waals surface area contributed by atoms with Crippen molar-refractivity contribution in [2.75, 3.05) is 5.32 Å². The number of nitrogens with one attached hydrogen (secondary N) is 1. The molecule has 0 spiro atoms. The Morgan fingerprint density at radius 3 is 2.71 bits per heavy atom. The van der Waals surface area contributed by atoms with E-state index in [1.54, 1.807) is 6.20 Å². The Hall–Kier alpha value is -1.01. The molecule has 3 heteroatoms. The van der Waals surface area contributed by atoms with E-state index >= 15 is 0 Å². The summed E-state index contributed by atoms with van der Waals surface area (Å²) in [6.45, 7) is 5.87. The van der Waals surface area contributed by atoms with Crippen molar-refractivity contribution in [1.29, 1.82) is 0 Å². The number of terminal acetylenes is 1. The first-order valence-corrected chi connectivity index (χ1v) is 5.12. The van der Waals surface area contributed by atoms with Crippen LogP contribution in [0.5, 0.6) is 0 Å². The number of hydrogen-bond acceptors (Lipinski definition) is 2. The van der Waals surface area contributed by atoms with Crippen LogP contribution in [0.25, 0.3) is 0 Å². The molecule has 0 fully saturated rings. The van der Waals surface area contributed by atoms with Gasteiger partial charge in [-0.15, -0.1) is 6.42 Å². The molecule has 0 atom stereocenters. The topological polar surface area (TPSA) is 24.9 Å². The largest absolute Gasteiger partial charge is 0.354 e. The van der Waals surface area contributed by atoms with Crippen molar-refractivity contribution in [2.24, 2.45) is 0 Å². The van der Waals surface area contributed by atoms with Crippen molar-refractivity contribution in [2.45, 2.75) is 26.3 Å². The van der Waals surface area contributed by atoms with Crippen LogP contribution in [-0.4, -0.2) is 10.5 Å². The number of rotatable bonds is 2. The molecule has 0 aromatic carbocycles. The summed E-state index contributed by atoms with van der Waals surface area (Å²) < 4.78 is 0.971. The quantitative estimate of drug-likeness (QED) is 0.819. The van der Waals surface area contributed by atoms with Crippen LogP contribution in [0.2, 0.25) is 0 Å². The molecule has 1 N–H and O–H groups in total. The van der Waals surface area contributed by atoms with Gasteiger partial charge in [0.25, 0.3) is 0 Å². The Morgan fingerprint density at radius 1 is 1.57 bits per heavy atom. The summed E-state index contributed by atoms with van der Waals surface area (Å²) in [5, 5.41) is 3.20. The Labute approximate surface area is 93.3 Å². The first kappa shape index (κ1) is 11.1. The molecule has 2 nitrogen and oxygen atoms in total. The smallest absolute Gasteiger partial charge is 0.130 e. The molecule has 1 rings (SSSR count). The van der Waals surface area contributed by atoms with Crippen LogP contribution in [0.3, 0.4) is 0 Å². The molecule has 1 heterocycles. The maximum absolute atomic E-state index is 5.38. The zero-order valence-corrected chi connectivity index (χ0v) is 10.1. The van der Waals surface area contributed by atoms with Gasteiger partial charge in [-0.25, -0.2) is 4.98 Å². The van der Waals surface area contributed by atoms with Gasteiger partial charge >= 0.3 is 0 Å². The van der Waals surface area contributed by atoms with E-state index in [9.17, 15) is 0 Å². The zero-order valence-electron chi connectivity index (χ0n) is 8.56. The maximum atomic E-state index is 5.38. The molecule has 0 aliphatic rings. The third kappa shape index (κ3) is 2.74. The molecule has 0 saturated heterocycles. The molecule has 0 amide bonds. The Morgan fingerprint density at radius 2 is 2.21 bits per heavy atom. The van der Waals surface area contributed by atoms with Gasteiger partial charge in [0.15, 0.2) is 0 Å². The van der Waals surface area contributed by atoms with Crippen LogP contribution < -0.4 is 5.32 Å². The molecule has 0 bridgehead atoms. The van der Waals surface area contributed by atoms with Crippen molar-refractivity contribution in [3.8, 4) is 12.3 Å². The summed E-state index contributed by atoms with van der Waals surface area (Å²) in [7, 11) is 0. The van der Waals surface area contributed by atoms with E-state index < -0.39 is 0 Å². The van der Waals surface area contributed by atoms with Gasteiger partial charge in [-0.1, -0.05) is 5.92 Å². The van der Waals surface area contributed by atoms with Crippen molar-refractivity contribution < 1.29 is 0 Å². The molecule has 1 aromatic heterocycles. The van der Waals surface area contributed by atoms with Crippen molar-refractivity contribution in [3.63, 3.8) is 0 Å². The van der Waals surface area contributed by atoms with Crippen LogP contribution in [0.1, 0.15) is 19.4 Å². The fourth-order valence-corrected chi connectivity index (χ4v) is 1.45. The van der Waals surface area contributed by atoms with Crippen molar-refractivity contribution in [3.05, 3.63) is 22.3 Å². The van der Waals surface area contributed by atoms with Gasteiger partial charge in [0.1, 0.15) is 5.82 Å². The Kier molecular flexibility index (Phi) is 3.17. The van der Waals surface area contributed by atoms with Crippen molar-refractivity contribution >= 4 is 21.7 Å². The van der Waals surface area contributed by atoms with Crippen LogP contribution in [0.4, 0.5) is 5.82 Å². The second-order valence-electron chi connectivity index (χ2n) is 3.71. The minimum atomic E-state index is -0.369. The zero-order chi connectivity index (χ0) is 10.8. The number of pyridine rings is 1. The fourth-order valence-electron chi connectivity index (χ4n) is 1.00. The molecule has 0 saturated carbocycles. The average molecular weight is 253 g/mol. The van der Waals surface area contributed by atoms with E-state index in [2.05, 4.69) is 32.2 Å². The number of nitrogens with zero attached hydrogens (tertiary/aromatic N) is 1. The number of aryl methyl sites for hydroxylation is 1. The summed E-state index contributed by atoms with van der Waals surface area (Å²) in [6.07, 6.45) is 7.14. The van der Waals surface area contributed by atoms with E-state index in [1.807, 2.05) is 26.8 Å². The predicted molar refractivity (Wildman–Crippen MR) is 63.2 cm³/mol. The van der Waals surface area contributed by atoms with E-state index in [4.69, 9.17) is 6.42 Å². The number of hydrogen-bond donors (Lipinski definition) is 1. The summed E-state index contributed by atoms with van der Waals surface area (Å²) in [4.78, 5) is 4.26. The standard InChI is InChI=1S/C11H13BrN2/c1-5-11(3,4)14-10-8(2)6-9(12)7-13-10/h1,6-7H,2-4H3,(H,13,14). The molecule has 1 aromatic rings. The fraction of sp³-hybridized carbons (Fsp3) is 0.364. The molecule has 0 radical (unpaired) electrons. The minimum Gasteiger partial charge on any atom is -0.354 e. The van der Waals surface area contributed by atoms with Crippen LogP contribution in [0, 0.1) is 19.3 Å². The number of halogens is 1. The van der Waals surface area contributed by atoms with E-state index in [0.29, 0.717) is 0 Å². The summed E-state index contributed by atoms with van der Waals surface area (Å²) in [6, 6.07) is 2.00. The van der Waals surface area contributed by atoms with Crippen LogP contribution >= 0.6 is 15.9 Å². The molecule has 0 aliphatic carbocycles. The predicted octanol–water partition coefficient (Wildman–Crippen LogP) is 2.98. The van der Waals surface area contributed by atoms with Gasteiger partial charge in [-0.2, -0.15) is 0 Å². The average Bonchev–Trinajstić information content (AvgIpc) is 2.10. The van der Waals surface area contributed by atoms with Gasteiger partial charge in [0.2, 0.25) is 0 Å².